The lowest BCUT2D eigenvalue weighted by Crippen LogP contribution is -2.52. The average molecular weight is 1940 g/mol. The monoisotopic (exact) mass is 1940 g/mol. The zero-order valence-electron chi connectivity index (χ0n) is 87.3. The van der Waals surface area contributed by atoms with Crippen LogP contribution in [0.25, 0.3) is 0 Å². The third kappa shape index (κ3) is 23.7. The Morgan fingerprint density at radius 1 is 0.312 bits per heavy atom. The minimum Gasteiger partial charge on any atom is -0.393 e. The molecule has 20 saturated carbocycles. The highest BCUT2D eigenvalue weighted by Crippen LogP contribution is 2.72. The van der Waals surface area contributed by atoms with Gasteiger partial charge in [0.1, 0.15) is 20.0 Å². The van der Waals surface area contributed by atoms with Gasteiger partial charge in [0.15, 0.2) is 0 Å². The Bertz CT molecular complexity index is 3630. The SMILES string of the molecule is C.C.C.C.C.C.CC(O)[C@H]1CC[C@H]2[C@@H]3CC[C@@H]4C[C@](O)(CF)CC[C@@H]4[C@H]3CC[C@]12C.CC=C1CC[C@H]2[C@@H]3CC[C@@H]4C[C@@](O)(CF)CC[C@@H]4[C@H]3CC[C@]12C.CC=C1CC[C@H]2[C@@H]3CC[C@@H]4C[C@@]5(CC[C@@H]4[C@H]3CC[C@]12C)CO5.CC=C1CC[C@H]2[C@@H]3CC[C@@H]4C[C@](O)(CF)CC[C@@H]4[C@H]3CC[C@]12C.CC=C1CC[C@H]2[C@@H]3CC[C@@H]4C[C@]5(CC[C@@H]4[C@H]3CC[C@]12C)CO5.CCCCCCCC.CCCCN(F)CCCC. The first-order valence-corrected chi connectivity index (χ1v) is 58.3. The van der Waals surface area contributed by atoms with Gasteiger partial charge in [-0.3, -0.25) is 0 Å². The number of nitrogens with zero attached hydrogens (tertiary/aromatic N) is 1. The molecule has 0 aromatic rings. The molecule has 7 nitrogen and oxygen atoms in total. The molecule has 138 heavy (non-hydrogen) atoms. The van der Waals surface area contributed by atoms with Gasteiger partial charge in [-0.2, -0.15) is 0 Å². The number of fused-ring (bicyclic) bond motifs is 25. The number of aliphatic hydroxyl groups is 4. The molecule has 20 aliphatic carbocycles. The molecule has 0 aromatic carbocycles. The predicted octanol–water partition coefficient (Wildman–Crippen LogP) is 35.6. The molecule has 2 spiro atoms. The summed E-state index contributed by atoms with van der Waals surface area (Å²) < 4.78 is 63.9. The lowest BCUT2D eigenvalue weighted by molar-refractivity contribution is -0.116. The van der Waals surface area contributed by atoms with Gasteiger partial charge < -0.3 is 29.9 Å². The first-order valence-electron chi connectivity index (χ1n) is 58.3. The first-order chi connectivity index (χ1) is 63.4. The van der Waals surface area contributed by atoms with Gasteiger partial charge in [-0.1, -0.05) is 205 Å². The summed E-state index contributed by atoms with van der Waals surface area (Å²) >= 11 is 0. The van der Waals surface area contributed by atoms with Gasteiger partial charge in [-0.05, 0) is 517 Å². The molecule has 37 atom stereocenters. The lowest BCUT2D eigenvalue weighted by atomic mass is 9.49. The van der Waals surface area contributed by atoms with Crippen LogP contribution in [0, 0.1) is 181 Å². The van der Waals surface area contributed by atoms with Crippen molar-refractivity contribution in [1.82, 2.24) is 5.12 Å². The predicted molar refractivity (Wildman–Crippen MR) is 578 cm³/mol. The Kier molecular flexibility index (Phi) is 42.4. The molecule has 0 radical (unpaired) electrons. The largest absolute Gasteiger partial charge is 0.393 e. The Balaban J connectivity index is 0.000000169. The van der Waals surface area contributed by atoms with E-state index in [9.17, 15) is 38.1 Å². The number of unbranched alkanes of at least 4 members (excludes halogenated alkanes) is 7. The summed E-state index contributed by atoms with van der Waals surface area (Å²) in [6.45, 7) is 34.1. The van der Waals surface area contributed by atoms with Crippen molar-refractivity contribution in [3.63, 3.8) is 0 Å². The third-order valence-electron chi connectivity index (χ3n) is 46.7. The normalized spacial score (nSPS) is 47.7. The minimum atomic E-state index is -1.03. The van der Waals surface area contributed by atoms with Gasteiger partial charge in [0.2, 0.25) is 0 Å². The van der Waals surface area contributed by atoms with E-state index < -0.39 is 36.8 Å². The van der Waals surface area contributed by atoms with Crippen LogP contribution in [0.15, 0.2) is 46.6 Å². The molecule has 22 aliphatic rings. The van der Waals surface area contributed by atoms with Crippen LogP contribution in [-0.4, -0.2) is 106 Å². The zero-order valence-corrected chi connectivity index (χ0v) is 87.3. The number of aliphatic hydroxyl groups excluding tert-OH is 1. The van der Waals surface area contributed by atoms with Crippen LogP contribution in [-0.2, 0) is 9.47 Å². The van der Waals surface area contributed by atoms with Gasteiger partial charge in [-0.15, -0.1) is 9.60 Å². The summed E-state index contributed by atoms with van der Waals surface area (Å²) in [5.41, 5.74) is 7.18. The molecule has 1 unspecified atom stereocenters. The van der Waals surface area contributed by atoms with E-state index in [1.54, 1.807) is 22.3 Å². The van der Waals surface area contributed by atoms with Crippen LogP contribution in [0.4, 0.5) is 17.7 Å². The van der Waals surface area contributed by atoms with Crippen LogP contribution in [0.3, 0.4) is 0 Å². The summed E-state index contributed by atoms with van der Waals surface area (Å²) in [4.78, 5) is 0. The fourth-order valence-corrected chi connectivity index (χ4v) is 39.6. The molecule has 4 N–H and O–H groups in total. The van der Waals surface area contributed by atoms with Crippen LogP contribution in [0.1, 0.15) is 495 Å². The van der Waals surface area contributed by atoms with Crippen molar-refractivity contribution in [1.29, 1.82) is 0 Å². The molecule has 802 valence electrons. The van der Waals surface area contributed by atoms with Gasteiger partial charge >= 0.3 is 0 Å². The number of hydrogen-bond donors (Lipinski definition) is 4. The van der Waals surface area contributed by atoms with Crippen molar-refractivity contribution in [2.24, 2.45) is 181 Å². The van der Waals surface area contributed by atoms with E-state index in [2.05, 4.69) is 114 Å². The molecular weight excluding hydrogens is 1710 g/mol. The van der Waals surface area contributed by atoms with E-state index in [4.69, 9.17) is 9.47 Å². The van der Waals surface area contributed by atoms with E-state index in [-0.39, 0.29) is 50.7 Å². The number of halogens is 4. The highest BCUT2D eigenvalue weighted by molar-refractivity contribution is 5.28. The molecule has 2 aliphatic heterocycles. The highest BCUT2D eigenvalue weighted by Gasteiger charge is 2.65. The van der Waals surface area contributed by atoms with E-state index in [1.165, 1.54) is 270 Å². The van der Waals surface area contributed by atoms with Crippen LogP contribution in [0.5, 0.6) is 0 Å². The summed E-state index contributed by atoms with van der Waals surface area (Å²) in [5.74, 6) is 22.4. The second kappa shape index (κ2) is 49.4. The molecule has 2 heterocycles. The molecular formula is C127H225F4NO6. The Hall–Kier alpha value is -1.60. The molecule has 0 amide bonds. The van der Waals surface area contributed by atoms with Crippen molar-refractivity contribution >= 4 is 0 Å². The molecule has 0 bridgehead atoms. The summed E-state index contributed by atoms with van der Waals surface area (Å²) in [6.07, 6.45) is 79.2. The Labute approximate surface area is 850 Å². The minimum absolute atomic E-state index is 0. The third-order valence-corrected chi connectivity index (χ3v) is 46.7. The van der Waals surface area contributed by atoms with E-state index in [1.807, 2.05) is 6.92 Å². The molecule has 0 aromatic heterocycles. The fourth-order valence-electron chi connectivity index (χ4n) is 39.6. The zero-order chi connectivity index (χ0) is 93.6. The highest BCUT2D eigenvalue weighted by atomic mass is 19.2. The van der Waals surface area contributed by atoms with Crippen LogP contribution >= 0.6 is 0 Å². The molecule has 2 saturated heterocycles. The number of epoxide rings is 2. The Morgan fingerprint density at radius 3 is 0.819 bits per heavy atom. The number of allylic oxidation sites excluding steroid dienone is 8. The number of ether oxygens (including phenoxy) is 2. The smallest absolute Gasteiger partial charge is 0.118 e. The van der Waals surface area contributed by atoms with Crippen LogP contribution < -0.4 is 0 Å². The second-order valence-corrected chi connectivity index (χ2v) is 52.6. The van der Waals surface area contributed by atoms with Crippen molar-refractivity contribution < 1.29 is 47.6 Å². The maximum Gasteiger partial charge on any atom is 0.118 e. The number of rotatable bonds is 15. The lowest BCUT2D eigenvalue weighted by Gasteiger charge is -2.57. The summed E-state index contributed by atoms with van der Waals surface area (Å²) in [5, 5.41) is 42.4. The standard InChI is InChI=1S/C21H35FO2.2C21H33FO.2C21H32O.C8H18FN.C8H18.6CH4/c1-13(23)18-5-6-19-17-4-3-14-11-21(24,12-22)10-8-15(14)16(17)7-9-20(18,19)2;2*1-3-15-5-7-19-18-6-4-14-12-21(23,13-22)11-9-16(14)17(18)8-10-20(15,19)2;2*1-3-15-5-7-19-18-6-4-14-12-21(13-22-21)11-9-16(14)17(18)8-10-20(15,19)2;1-3-5-7-10(9)8-6-4-2;1-3-5-7-8-6-4-2;;;;;;/h13-19,23-24H,3-12H2,1-2H3;2*3,14,16-19,23H,4-13H2,1-2H3;2*3,14,16-19H,4-13H2,1-2H3;3-8H2,1-2H3;3-8H2,1-2H3;6*1H4/t13?,14-,15+,16-,17-,18-,19+,20-,21+;14-,16+,17-,18-,19+,20-,21+;14-,16+,17-,18-,19+,20-,21-;14-,16+,17-,18-,19+,20-,21+;14-,16+,17-,18-,19+,20-,21-;;;;;;;;/m11111......../s1. The van der Waals surface area contributed by atoms with E-state index in [0.29, 0.717) is 107 Å². The quantitative estimate of drug-likeness (QED) is 0.0425. The number of hydrogen-bond acceptors (Lipinski definition) is 7. The Morgan fingerprint density at radius 2 is 0.565 bits per heavy atom. The van der Waals surface area contributed by atoms with Gasteiger partial charge in [0, 0.05) is 13.1 Å². The average Bonchev–Trinajstić information content (AvgIpc) is 1.57. The van der Waals surface area contributed by atoms with Gasteiger partial charge in [-0.25, -0.2) is 13.2 Å². The molecule has 11 heteroatoms. The van der Waals surface area contributed by atoms with E-state index in [0.717, 1.165) is 200 Å². The topological polar surface area (TPSA) is 109 Å². The van der Waals surface area contributed by atoms with Crippen molar-refractivity contribution in [3.8, 4) is 0 Å². The summed E-state index contributed by atoms with van der Waals surface area (Å²) in [6, 6.07) is 0. The summed E-state index contributed by atoms with van der Waals surface area (Å²) in [7, 11) is 0. The van der Waals surface area contributed by atoms with Crippen LogP contribution in [0.2, 0.25) is 0 Å². The maximum absolute atomic E-state index is 13.2. The second-order valence-electron chi connectivity index (χ2n) is 52.6. The first kappa shape index (κ1) is 118. The van der Waals surface area contributed by atoms with Gasteiger partial charge in [0.05, 0.1) is 47.3 Å². The van der Waals surface area contributed by atoms with Gasteiger partial charge in [0.25, 0.3) is 0 Å². The van der Waals surface area contributed by atoms with Crippen molar-refractivity contribution in [3.05, 3.63) is 46.6 Å². The fraction of sp³-hybridized carbons (Fsp3) is 0.937. The van der Waals surface area contributed by atoms with Crippen molar-refractivity contribution in [2.75, 3.05) is 46.3 Å². The number of alkyl halides is 3. The molecule has 22 fully saturated rings. The maximum atomic E-state index is 13.2. The van der Waals surface area contributed by atoms with E-state index >= 15 is 0 Å². The van der Waals surface area contributed by atoms with Crippen molar-refractivity contribution in [2.45, 2.75) is 529 Å². The molecule has 22 rings (SSSR count).